The predicted octanol–water partition coefficient (Wildman–Crippen LogP) is 4.36. The Bertz CT molecular complexity index is 1140. The third-order valence-corrected chi connectivity index (χ3v) is 7.29. The number of nitrogens with one attached hydrogen (secondary N) is 2. The van der Waals surface area contributed by atoms with E-state index in [1.54, 1.807) is 31.3 Å². The molecule has 3 aromatic rings. The van der Waals surface area contributed by atoms with Gasteiger partial charge in [0.05, 0.1) is 11.4 Å². The van der Waals surface area contributed by atoms with Gasteiger partial charge in [-0.2, -0.15) is 4.31 Å². The molecule has 168 valence electrons. The van der Waals surface area contributed by atoms with Crippen LogP contribution in [0.25, 0.3) is 0 Å². The Hall–Kier alpha value is -3.16. The van der Waals surface area contributed by atoms with Gasteiger partial charge >= 0.3 is 0 Å². The Morgan fingerprint density at radius 1 is 0.906 bits per heavy atom. The molecule has 32 heavy (non-hydrogen) atoms. The molecule has 0 aliphatic heterocycles. The molecule has 0 aromatic heterocycles. The predicted molar refractivity (Wildman–Crippen MR) is 129 cm³/mol. The summed E-state index contributed by atoms with van der Waals surface area (Å²) < 4.78 is 26.4. The SMILES string of the molecule is CC(C)N(C)S(=O)(=O)c1ccc(NCC(=O)Nc2ccccc2Cc2ccccc2)cc1. The second-order valence-corrected chi connectivity index (χ2v) is 9.86. The van der Waals surface area contributed by atoms with Crippen molar-refractivity contribution in [2.24, 2.45) is 0 Å². The van der Waals surface area contributed by atoms with E-state index in [9.17, 15) is 13.2 Å². The van der Waals surface area contributed by atoms with Crippen LogP contribution in [0, 0.1) is 0 Å². The maximum Gasteiger partial charge on any atom is 0.243 e. The van der Waals surface area contributed by atoms with Crippen LogP contribution < -0.4 is 10.6 Å². The summed E-state index contributed by atoms with van der Waals surface area (Å²) in [6.45, 7) is 3.71. The fourth-order valence-corrected chi connectivity index (χ4v) is 4.55. The number of benzene rings is 3. The molecule has 0 atom stereocenters. The summed E-state index contributed by atoms with van der Waals surface area (Å²) >= 11 is 0. The molecule has 0 bridgehead atoms. The molecule has 0 saturated carbocycles. The standard InChI is InChI=1S/C25H29N3O3S/c1-19(2)28(3)32(30,31)23-15-13-22(14-16-23)26-18-25(29)27-24-12-8-7-11-21(24)17-20-9-5-4-6-10-20/h4-16,19,26H,17-18H2,1-3H3,(H,27,29). The molecular formula is C25H29N3O3S. The van der Waals surface area contributed by atoms with Gasteiger partial charge in [-0.25, -0.2) is 8.42 Å². The first-order valence-electron chi connectivity index (χ1n) is 10.5. The summed E-state index contributed by atoms with van der Waals surface area (Å²) in [6.07, 6.45) is 0.728. The topological polar surface area (TPSA) is 78.5 Å². The molecule has 0 aliphatic carbocycles. The average Bonchev–Trinajstić information content (AvgIpc) is 2.79. The van der Waals surface area contributed by atoms with E-state index in [-0.39, 0.29) is 23.4 Å². The van der Waals surface area contributed by atoms with E-state index in [1.165, 1.54) is 9.87 Å². The molecule has 0 saturated heterocycles. The van der Waals surface area contributed by atoms with Crippen molar-refractivity contribution in [2.45, 2.75) is 31.2 Å². The molecule has 2 N–H and O–H groups in total. The zero-order valence-corrected chi connectivity index (χ0v) is 19.4. The van der Waals surface area contributed by atoms with Crippen molar-refractivity contribution in [3.63, 3.8) is 0 Å². The second kappa shape index (κ2) is 10.4. The van der Waals surface area contributed by atoms with Gasteiger partial charge in [0.1, 0.15) is 0 Å². The minimum Gasteiger partial charge on any atom is -0.376 e. The van der Waals surface area contributed by atoms with Crippen molar-refractivity contribution in [1.82, 2.24) is 4.31 Å². The van der Waals surface area contributed by atoms with E-state index >= 15 is 0 Å². The normalized spacial score (nSPS) is 11.5. The Labute approximate surface area is 190 Å². The van der Waals surface area contributed by atoms with Crippen LogP contribution in [0.3, 0.4) is 0 Å². The molecule has 3 aromatic carbocycles. The van der Waals surface area contributed by atoms with Crippen molar-refractivity contribution in [1.29, 1.82) is 0 Å². The zero-order chi connectivity index (χ0) is 23.1. The van der Waals surface area contributed by atoms with Crippen molar-refractivity contribution in [3.8, 4) is 0 Å². The molecule has 0 fully saturated rings. The molecule has 0 spiro atoms. The maximum absolute atomic E-state index is 12.6. The first-order chi connectivity index (χ1) is 15.3. The summed E-state index contributed by atoms with van der Waals surface area (Å²) in [4.78, 5) is 12.7. The first kappa shape index (κ1) is 23.5. The summed E-state index contributed by atoms with van der Waals surface area (Å²) in [5, 5.41) is 6.00. The Kier molecular flexibility index (Phi) is 7.66. The van der Waals surface area contributed by atoms with Crippen LogP contribution in [0.4, 0.5) is 11.4 Å². The van der Waals surface area contributed by atoms with E-state index in [1.807, 2.05) is 56.3 Å². The first-order valence-corrected chi connectivity index (χ1v) is 11.9. The molecule has 0 unspecified atom stereocenters. The van der Waals surface area contributed by atoms with E-state index in [2.05, 4.69) is 22.8 Å². The van der Waals surface area contributed by atoms with Crippen LogP contribution in [0.2, 0.25) is 0 Å². The summed E-state index contributed by atoms with van der Waals surface area (Å²) in [7, 11) is -1.97. The third kappa shape index (κ3) is 5.96. The molecule has 7 heteroatoms. The molecular weight excluding hydrogens is 422 g/mol. The van der Waals surface area contributed by atoms with Gasteiger partial charge in [0.25, 0.3) is 0 Å². The number of carbonyl (C=O) groups is 1. The van der Waals surface area contributed by atoms with E-state index in [4.69, 9.17) is 0 Å². The third-order valence-electron chi connectivity index (χ3n) is 5.24. The van der Waals surface area contributed by atoms with Gasteiger partial charge in [-0.15, -0.1) is 0 Å². The number of hydrogen-bond acceptors (Lipinski definition) is 4. The number of rotatable bonds is 9. The summed E-state index contributed by atoms with van der Waals surface area (Å²) in [6, 6.07) is 24.1. The van der Waals surface area contributed by atoms with Gasteiger partial charge in [0.15, 0.2) is 0 Å². The number of anilines is 2. The van der Waals surface area contributed by atoms with E-state index in [0.29, 0.717) is 5.69 Å². The van der Waals surface area contributed by atoms with Crippen LogP contribution in [0.5, 0.6) is 0 Å². The monoisotopic (exact) mass is 451 g/mol. The van der Waals surface area contributed by atoms with Crippen LogP contribution in [-0.2, 0) is 21.2 Å². The number of carbonyl (C=O) groups excluding carboxylic acids is 1. The number of sulfonamides is 1. The van der Waals surface area contributed by atoms with Crippen LogP contribution in [0.15, 0.2) is 83.8 Å². The fourth-order valence-electron chi connectivity index (χ4n) is 3.18. The van der Waals surface area contributed by atoms with Gasteiger partial charge in [-0.3, -0.25) is 4.79 Å². The highest BCUT2D eigenvalue weighted by atomic mass is 32.2. The fraction of sp³-hybridized carbons (Fsp3) is 0.240. The van der Waals surface area contributed by atoms with Crippen molar-refractivity contribution >= 4 is 27.3 Å². The zero-order valence-electron chi connectivity index (χ0n) is 18.6. The highest BCUT2D eigenvalue weighted by Gasteiger charge is 2.22. The van der Waals surface area contributed by atoms with Crippen molar-refractivity contribution in [2.75, 3.05) is 24.2 Å². The summed E-state index contributed by atoms with van der Waals surface area (Å²) in [5.74, 6) is -0.179. The van der Waals surface area contributed by atoms with Crippen LogP contribution in [-0.4, -0.2) is 38.3 Å². The van der Waals surface area contributed by atoms with Gasteiger partial charge in [0, 0.05) is 24.5 Å². The maximum atomic E-state index is 12.6. The van der Waals surface area contributed by atoms with Gasteiger partial charge in [-0.1, -0.05) is 48.5 Å². The Balaban J connectivity index is 1.60. The molecule has 0 radical (unpaired) electrons. The Morgan fingerprint density at radius 3 is 2.19 bits per heavy atom. The van der Waals surface area contributed by atoms with Crippen LogP contribution in [0.1, 0.15) is 25.0 Å². The summed E-state index contributed by atoms with van der Waals surface area (Å²) in [5.41, 5.74) is 3.66. The van der Waals surface area contributed by atoms with E-state index < -0.39 is 10.0 Å². The Morgan fingerprint density at radius 2 is 1.53 bits per heavy atom. The van der Waals surface area contributed by atoms with Gasteiger partial charge in [-0.05, 0) is 61.7 Å². The molecule has 0 aliphatic rings. The lowest BCUT2D eigenvalue weighted by Gasteiger charge is -2.21. The second-order valence-electron chi connectivity index (χ2n) is 7.86. The smallest absolute Gasteiger partial charge is 0.243 e. The largest absolute Gasteiger partial charge is 0.376 e. The van der Waals surface area contributed by atoms with Gasteiger partial charge < -0.3 is 10.6 Å². The molecule has 6 nitrogen and oxygen atoms in total. The number of amides is 1. The lowest BCUT2D eigenvalue weighted by Crippen LogP contribution is -2.33. The quantitative estimate of drug-likeness (QED) is 0.507. The number of nitrogens with zero attached hydrogens (tertiary/aromatic N) is 1. The molecule has 1 amide bonds. The number of hydrogen-bond donors (Lipinski definition) is 2. The van der Waals surface area contributed by atoms with Crippen LogP contribution >= 0.6 is 0 Å². The van der Waals surface area contributed by atoms with Gasteiger partial charge in [0.2, 0.25) is 15.9 Å². The minimum absolute atomic E-state index is 0.0671. The highest BCUT2D eigenvalue weighted by molar-refractivity contribution is 7.89. The van der Waals surface area contributed by atoms with Crippen molar-refractivity contribution < 1.29 is 13.2 Å². The lowest BCUT2D eigenvalue weighted by molar-refractivity contribution is -0.114. The minimum atomic E-state index is -3.53. The number of para-hydroxylation sites is 1. The average molecular weight is 452 g/mol. The van der Waals surface area contributed by atoms with Crippen molar-refractivity contribution in [3.05, 3.63) is 90.0 Å². The lowest BCUT2D eigenvalue weighted by atomic mass is 10.0. The van der Waals surface area contributed by atoms with E-state index in [0.717, 1.165) is 17.7 Å². The molecule has 0 heterocycles. The highest BCUT2D eigenvalue weighted by Crippen LogP contribution is 2.20. The molecule has 3 rings (SSSR count).